The largest absolute Gasteiger partial charge is 0.507 e. The molecule has 102 valence electrons. The van der Waals surface area contributed by atoms with E-state index in [4.69, 9.17) is 0 Å². The molecule has 1 aromatic carbocycles. The van der Waals surface area contributed by atoms with Crippen molar-refractivity contribution in [2.45, 2.75) is 66.2 Å². The highest BCUT2D eigenvalue weighted by Gasteiger charge is 2.25. The normalized spacial score (nSPS) is 11.9. The second kappa shape index (κ2) is 5.21. The van der Waals surface area contributed by atoms with Crippen LogP contribution in [-0.4, -0.2) is 10.2 Å². The third kappa shape index (κ3) is 2.33. The molecule has 0 aliphatic carbocycles. The van der Waals surface area contributed by atoms with Crippen LogP contribution in [0.25, 0.3) is 0 Å². The van der Waals surface area contributed by atoms with Gasteiger partial charge in [0.1, 0.15) is 11.5 Å². The molecule has 0 aliphatic rings. The summed E-state index contributed by atoms with van der Waals surface area (Å²) in [5.41, 5.74) is 3.48. The van der Waals surface area contributed by atoms with Crippen molar-refractivity contribution < 1.29 is 10.2 Å². The maximum atomic E-state index is 10.6. The maximum Gasteiger partial charge on any atom is 0.123 e. The van der Waals surface area contributed by atoms with Crippen molar-refractivity contribution in [1.29, 1.82) is 0 Å². The van der Waals surface area contributed by atoms with E-state index in [1.807, 2.05) is 20.8 Å². The zero-order valence-corrected chi connectivity index (χ0v) is 12.6. The summed E-state index contributed by atoms with van der Waals surface area (Å²) < 4.78 is 0. The molecule has 18 heavy (non-hydrogen) atoms. The van der Waals surface area contributed by atoms with Gasteiger partial charge >= 0.3 is 0 Å². The SMILES string of the molecule is Cc1c(O)c(C(C)C)c(C(C)C)c(O)c1C(C)C. The van der Waals surface area contributed by atoms with Crippen molar-refractivity contribution in [2.24, 2.45) is 0 Å². The molecule has 1 aromatic rings. The van der Waals surface area contributed by atoms with Gasteiger partial charge in [0.15, 0.2) is 0 Å². The first-order chi connectivity index (χ1) is 8.20. The van der Waals surface area contributed by atoms with Gasteiger partial charge in [0.05, 0.1) is 0 Å². The number of phenolic OH excluding ortho intramolecular Hbond substituents is 2. The Balaban J connectivity index is 3.76. The molecule has 0 saturated heterocycles. The van der Waals surface area contributed by atoms with Gasteiger partial charge in [-0.3, -0.25) is 0 Å². The van der Waals surface area contributed by atoms with Gasteiger partial charge in [0, 0.05) is 16.7 Å². The average Bonchev–Trinajstić information content (AvgIpc) is 2.21. The molecule has 0 fully saturated rings. The zero-order valence-electron chi connectivity index (χ0n) is 12.6. The lowest BCUT2D eigenvalue weighted by Gasteiger charge is -2.25. The fraction of sp³-hybridized carbons (Fsp3) is 0.625. The van der Waals surface area contributed by atoms with Gasteiger partial charge in [0.25, 0.3) is 0 Å². The predicted octanol–water partition coefficient (Wildman–Crippen LogP) is 4.78. The molecule has 0 heterocycles. The lowest BCUT2D eigenvalue weighted by molar-refractivity contribution is 0.429. The van der Waals surface area contributed by atoms with Crippen LogP contribution >= 0.6 is 0 Å². The van der Waals surface area contributed by atoms with Crippen molar-refractivity contribution in [3.8, 4) is 11.5 Å². The van der Waals surface area contributed by atoms with Gasteiger partial charge in [0.2, 0.25) is 0 Å². The van der Waals surface area contributed by atoms with Crippen LogP contribution in [0.15, 0.2) is 0 Å². The van der Waals surface area contributed by atoms with E-state index >= 15 is 0 Å². The standard InChI is InChI=1S/C16H26O2/c1-8(2)12-11(7)15(17)13(9(3)4)14(10(5)6)16(12)18/h8-10,17-18H,1-7H3. The highest BCUT2D eigenvalue weighted by atomic mass is 16.3. The van der Waals surface area contributed by atoms with E-state index in [2.05, 4.69) is 27.7 Å². The number of rotatable bonds is 3. The smallest absolute Gasteiger partial charge is 0.123 e. The van der Waals surface area contributed by atoms with Gasteiger partial charge < -0.3 is 10.2 Å². The molecule has 2 heteroatoms. The van der Waals surface area contributed by atoms with Gasteiger partial charge in [-0.15, -0.1) is 0 Å². The summed E-state index contributed by atoms with van der Waals surface area (Å²) in [7, 11) is 0. The Morgan fingerprint density at radius 3 is 1.28 bits per heavy atom. The number of hydrogen-bond acceptors (Lipinski definition) is 2. The van der Waals surface area contributed by atoms with E-state index in [1.54, 1.807) is 0 Å². The molecule has 0 unspecified atom stereocenters. The third-order valence-corrected chi connectivity index (χ3v) is 3.55. The van der Waals surface area contributed by atoms with Crippen LogP contribution in [0.5, 0.6) is 11.5 Å². The molecule has 0 amide bonds. The number of hydrogen-bond donors (Lipinski definition) is 2. The van der Waals surface area contributed by atoms with E-state index < -0.39 is 0 Å². The van der Waals surface area contributed by atoms with Crippen molar-refractivity contribution >= 4 is 0 Å². The number of benzene rings is 1. The Bertz CT molecular complexity index is 443. The topological polar surface area (TPSA) is 40.5 Å². The highest BCUT2D eigenvalue weighted by molar-refractivity contribution is 5.60. The van der Waals surface area contributed by atoms with Crippen LogP contribution in [0.4, 0.5) is 0 Å². The van der Waals surface area contributed by atoms with Crippen LogP contribution in [0.2, 0.25) is 0 Å². The summed E-state index contributed by atoms with van der Waals surface area (Å²) in [5, 5.41) is 21.0. The van der Waals surface area contributed by atoms with Crippen LogP contribution in [0.1, 0.15) is 81.5 Å². The Kier molecular flexibility index (Phi) is 4.31. The first-order valence-corrected chi connectivity index (χ1v) is 6.78. The lowest BCUT2D eigenvalue weighted by atomic mass is 9.82. The summed E-state index contributed by atoms with van der Waals surface area (Å²) in [4.78, 5) is 0. The van der Waals surface area contributed by atoms with Crippen LogP contribution in [-0.2, 0) is 0 Å². The van der Waals surface area contributed by atoms with Crippen LogP contribution in [0.3, 0.4) is 0 Å². The molecule has 1 rings (SSSR count). The minimum Gasteiger partial charge on any atom is -0.507 e. The van der Waals surface area contributed by atoms with E-state index in [0.29, 0.717) is 11.5 Å². The summed E-state index contributed by atoms with van der Waals surface area (Å²) in [6.07, 6.45) is 0. The molecule has 0 radical (unpaired) electrons. The molecule has 0 spiro atoms. The first-order valence-electron chi connectivity index (χ1n) is 6.78. The second-order valence-corrected chi connectivity index (χ2v) is 6.03. The molecule has 2 N–H and O–H groups in total. The lowest BCUT2D eigenvalue weighted by Crippen LogP contribution is -2.06. The fourth-order valence-electron chi connectivity index (χ4n) is 2.78. The number of phenols is 2. The second-order valence-electron chi connectivity index (χ2n) is 6.03. The zero-order chi connectivity index (χ0) is 14.2. The monoisotopic (exact) mass is 250 g/mol. The number of aromatic hydroxyl groups is 2. The van der Waals surface area contributed by atoms with E-state index in [9.17, 15) is 10.2 Å². The summed E-state index contributed by atoms with van der Waals surface area (Å²) >= 11 is 0. The Hall–Kier alpha value is -1.18. The van der Waals surface area contributed by atoms with E-state index in [-0.39, 0.29) is 17.8 Å². The molecule has 0 aromatic heterocycles. The van der Waals surface area contributed by atoms with Crippen LogP contribution < -0.4 is 0 Å². The van der Waals surface area contributed by atoms with Gasteiger partial charge in [-0.05, 0) is 30.2 Å². The van der Waals surface area contributed by atoms with Gasteiger partial charge in [-0.25, -0.2) is 0 Å². The Morgan fingerprint density at radius 1 is 0.611 bits per heavy atom. The molecule has 2 nitrogen and oxygen atoms in total. The highest BCUT2D eigenvalue weighted by Crippen LogP contribution is 2.46. The average molecular weight is 250 g/mol. The van der Waals surface area contributed by atoms with Gasteiger partial charge in [-0.2, -0.15) is 0 Å². The maximum absolute atomic E-state index is 10.6. The van der Waals surface area contributed by atoms with E-state index in [1.165, 1.54) is 0 Å². The van der Waals surface area contributed by atoms with Crippen LogP contribution in [0, 0.1) is 6.92 Å². The van der Waals surface area contributed by atoms with Crippen molar-refractivity contribution in [3.63, 3.8) is 0 Å². The molecule has 0 aliphatic heterocycles. The molecule has 0 bridgehead atoms. The molecular formula is C16H26O2. The molecule has 0 saturated carbocycles. The van der Waals surface area contributed by atoms with Crippen molar-refractivity contribution in [2.75, 3.05) is 0 Å². The minimum absolute atomic E-state index is 0.200. The first kappa shape index (κ1) is 14.9. The van der Waals surface area contributed by atoms with Gasteiger partial charge in [-0.1, -0.05) is 41.5 Å². The quantitative estimate of drug-likeness (QED) is 0.758. The van der Waals surface area contributed by atoms with Crippen molar-refractivity contribution in [1.82, 2.24) is 0 Å². The molecular weight excluding hydrogens is 224 g/mol. The summed E-state index contributed by atoms with van der Waals surface area (Å²) in [5.74, 6) is 1.34. The predicted molar refractivity (Wildman–Crippen MR) is 76.8 cm³/mol. The Labute approximate surface area is 111 Å². The fourth-order valence-corrected chi connectivity index (χ4v) is 2.78. The van der Waals surface area contributed by atoms with E-state index in [0.717, 1.165) is 22.3 Å². The minimum atomic E-state index is 0.200. The summed E-state index contributed by atoms with van der Waals surface area (Å²) in [6, 6.07) is 0. The summed E-state index contributed by atoms with van der Waals surface area (Å²) in [6.45, 7) is 14.2. The van der Waals surface area contributed by atoms with Crippen molar-refractivity contribution in [3.05, 3.63) is 22.3 Å². The third-order valence-electron chi connectivity index (χ3n) is 3.55. The molecule has 0 atom stereocenters. The Morgan fingerprint density at radius 2 is 0.944 bits per heavy atom.